The lowest BCUT2D eigenvalue weighted by atomic mass is 9.76. The number of anilines is 1. The standard InChI is InChI=1S/C31H40N6O3Si/c1-30(40-25-9-5-22(6-10-25)13-18-41(2,3)4)20-36(21-30)24-11-14-31(15-12-24,16-17-32)37-19-26(27(33)38)28(35-37)34-29(39)23-7-8-23/h5-6,9-10,19,23-24H,7-8,11-12,14-16,20-21H2,1-4H3,(H2,33,38)(H,34,35,39). The quantitative estimate of drug-likeness (QED) is 0.360. The summed E-state index contributed by atoms with van der Waals surface area (Å²) < 4.78 is 8.10. The molecule has 1 saturated heterocycles. The Kier molecular flexibility index (Phi) is 7.75. The number of primary amides is 1. The molecule has 10 heteroatoms. The van der Waals surface area contributed by atoms with Crippen molar-refractivity contribution in [3.05, 3.63) is 41.6 Å². The van der Waals surface area contributed by atoms with Crippen LogP contribution in [0.25, 0.3) is 0 Å². The monoisotopic (exact) mass is 572 g/mol. The van der Waals surface area contributed by atoms with Gasteiger partial charge in [0.2, 0.25) is 5.91 Å². The second-order valence-electron chi connectivity index (χ2n) is 13.2. The molecule has 0 radical (unpaired) electrons. The summed E-state index contributed by atoms with van der Waals surface area (Å²) in [6.45, 7) is 10.5. The molecule has 2 heterocycles. The molecule has 2 aromatic rings. The third-order valence-electron chi connectivity index (χ3n) is 8.34. The van der Waals surface area contributed by atoms with Gasteiger partial charge in [-0.1, -0.05) is 25.6 Å². The maximum Gasteiger partial charge on any atom is 0.254 e. The largest absolute Gasteiger partial charge is 0.485 e. The Morgan fingerprint density at radius 1 is 1.15 bits per heavy atom. The van der Waals surface area contributed by atoms with Crippen molar-refractivity contribution in [2.75, 3.05) is 18.4 Å². The molecular formula is C31H40N6O3Si. The van der Waals surface area contributed by atoms with Gasteiger partial charge in [-0.3, -0.25) is 19.2 Å². The Hall–Kier alpha value is -3.60. The van der Waals surface area contributed by atoms with Crippen molar-refractivity contribution in [2.24, 2.45) is 11.7 Å². The summed E-state index contributed by atoms with van der Waals surface area (Å²) >= 11 is 0. The Morgan fingerprint density at radius 3 is 2.37 bits per heavy atom. The molecule has 0 atom stereocenters. The summed E-state index contributed by atoms with van der Waals surface area (Å²) in [5.41, 5.74) is 9.42. The van der Waals surface area contributed by atoms with E-state index in [1.807, 2.05) is 24.3 Å². The minimum absolute atomic E-state index is 0.0240. The Bertz CT molecular complexity index is 1410. The first-order chi connectivity index (χ1) is 19.4. The van der Waals surface area contributed by atoms with Crippen LogP contribution in [-0.2, 0) is 10.3 Å². The van der Waals surface area contributed by atoms with E-state index in [1.165, 1.54) is 0 Å². The first-order valence-electron chi connectivity index (χ1n) is 14.5. The number of rotatable bonds is 8. The number of nitrogens with zero attached hydrogens (tertiary/aromatic N) is 4. The number of hydrogen-bond donors (Lipinski definition) is 2. The normalized spacial score (nSPS) is 23.8. The van der Waals surface area contributed by atoms with E-state index in [2.05, 4.69) is 59.4 Å². The van der Waals surface area contributed by atoms with E-state index in [0.717, 1.165) is 62.9 Å². The van der Waals surface area contributed by atoms with E-state index in [-0.39, 0.29) is 35.2 Å². The van der Waals surface area contributed by atoms with E-state index in [9.17, 15) is 14.9 Å². The van der Waals surface area contributed by atoms with E-state index in [4.69, 9.17) is 10.5 Å². The number of nitriles is 1. The number of aromatic nitrogens is 2. The topological polar surface area (TPSA) is 126 Å². The molecular weight excluding hydrogens is 532 g/mol. The SMILES string of the molecule is CC1(Oc2ccc(C#C[Si](C)(C)C)cc2)CN(C2CCC(CC#N)(n3cc(C(N)=O)c(NC(=O)C4CC4)n3)CC2)C1. The molecule has 3 aliphatic rings. The maximum atomic E-state index is 12.4. The summed E-state index contributed by atoms with van der Waals surface area (Å²) in [5, 5.41) is 17.1. The lowest BCUT2D eigenvalue weighted by Gasteiger charge is -2.53. The molecule has 216 valence electrons. The summed E-state index contributed by atoms with van der Waals surface area (Å²) in [7, 11) is -1.41. The summed E-state index contributed by atoms with van der Waals surface area (Å²) in [5.74, 6) is 3.54. The zero-order valence-electron chi connectivity index (χ0n) is 24.5. The number of likely N-dealkylation sites (tertiary alicyclic amines) is 1. The van der Waals surface area contributed by atoms with Crippen LogP contribution < -0.4 is 15.8 Å². The smallest absolute Gasteiger partial charge is 0.254 e. The van der Waals surface area contributed by atoms with Gasteiger partial charge in [-0.25, -0.2) is 0 Å². The van der Waals surface area contributed by atoms with E-state index in [0.29, 0.717) is 6.04 Å². The summed E-state index contributed by atoms with van der Waals surface area (Å²) in [6, 6.07) is 10.8. The Labute approximate surface area is 243 Å². The zero-order chi connectivity index (χ0) is 29.4. The molecule has 0 unspecified atom stereocenters. The fourth-order valence-corrected chi connectivity index (χ4v) is 6.40. The third kappa shape index (κ3) is 6.66. The van der Waals surface area contributed by atoms with Crippen molar-refractivity contribution in [1.29, 1.82) is 5.26 Å². The van der Waals surface area contributed by atoms with Crippen molar-refractivity contribution in [1.82, 2.24) is 14.7 Å². The third-order valence-corrected chi connectivity index (χ3v) is 9.22. The van der Waals surface area contributed by atoms with Crippen LogP contribution in [0.5, 0.6) is 5.75 Å². The van der Waals surface area contributed by atoms with Gasteiger partial charge >= 0.3 is 0 Å². The molecule has 3 fully saturated rings. The number of benzene rings is 1. The molecule has 1 aromatic carbocycles. The number of carbonyl (C=O) groups excluding carboxylic acids is 2. The second-order valence-corrected chi connectivity index (χ2v) is 18.0. The molecule has 2 saturated carbocycles. The molecule has 2 aliphatic carbocycles. The predicted octanol–water partition coefficient (Wildman–Crippen LogP) is 4.26. The lowest BCUT2D eigenvalue weighted by Crippen LogP contribution is -2.66. The first-order valence-corrected chi connectivity index (χ1v) is 18.0. The number of hydrogen-bond acceptors (Lipinski definition) is 6. The number of nitrogens with one attached hydrogen (secondary N) is 1. The molecule has 9 nitrogen and oxygen atoms in total. The minimum Gasteiger partial charge on any atom is -0.485 e. The molecule has 41 heavy (non-hydrogen) atoms. The van der Waals surface area contributed by atoms with Gasteiger partial charge in [0.15, 0.2) is 5.82 Å². The van der Waals surface area contributed by atoms with Crippen molar-refractivity contribution >= 4 is 25.7 Å². The fourth-order valence-electron chi connectivity index (χ4n) is 5.88. The average Bonchev–Trinajstić information content (AvgIpc) is 3.67. The summed E-state index contributed by atoms with van der Waals surface area (Å²) in [6.07, 6.45) is 6.87. The second kappa shape index (κ2) is 11.0. The molecule has 1 aliphatic heterocycles. The zero-order valence-corrected chi connectivity index (χ0v) is 25.5. The van der Waals surface area contributed by atoms with Crippen LogP contribution in [0, 0.1) is 28.7 Å². The van der Waals surface area contributed by atoms with Gasteiger partial charge in [0.05, 0.1) is 18.0 Å². The van der Waals surface area contributed by atoms with Gasteiger partial charge in [-0.2, -0.15) is 10.4 Å². The van der Waals surface area contributed by atoms with Gasteiger partial charge < -0.3 is 15.8 Å². The van der Waals surface area contributed by atoms with Crippen LogP contribution in [0.15, 0.2) is 30.5 Å². The molecule has 1 aromatic heterocycles. The highest BCUT2D eigenvalue weighted by Gasteiger charge is 2.47. The van der Waals surface area contributed by atoms with Gasteiger partial charge in [-0.05, 0) is 69.7 Å². The van der Waals surface area contributed by atoms with E-state index >= 15 is 0 Å². The molecule has 0 bridgehead atoms. The molecule has 5 rings (SSSR count). The van der Waals surface area contributed by atoms with Gasteiger partial charge in [0.25, 0.3) is 5.91 Å². The fraction of sp³-hybridized carbons (Fsp3) is 0.548. The highest BCUT2D eigenvalue weighted by Crippen LogP contribution is 2.42. The van der Waals surface area contributed by atoms with Crippen LogP contribution in [0.4, 0.5) is 5.82 Å². The number of ether oxygens (including phenoxy) is 1. The van der Waals surface area contributed by atoms with Gasteiger partial charge in [0.1, 0.15) is 25.0 Å². The molecule has 0 spiro atoms. The number of carbonyl (C=O) groups is 2. The van der Waals surface area contributed by atoms with Crippen molar-refractivity contribution in [3.63, 3.8) is 0 Å². The van der Waals surface area contributed by atoms with E-state index < -0.39 is 19.5 Å². The minimum atomic E-state index is -1.41. The lowest BCUT2D eigenvalue weighted by molar-refractivity contribution is -0.117. The van der Waals surface area contributed by atoms with Crippen LogP contribution in [0.1, 0.15) is 67.8 Å². The maximum absolute atomic E-state index is 12.4. The predicted molar refractivity (Wildman–Crippen MR) is 160 cm³/mol. The Balaban J connectivity index is 1.19. The van der Waals surface area contributed by atoms with Crippen molar-refractivity contribution in [3.8, 4) is 23.3 Å². The Morgan fingerprint density at radius 2 is 1.80 bits per heavy atom. The highest BCUT2D eigenvalue weighted by molar-refractivity contribution is 6.83. The van der Waals surface area contributed by atoms with Gasteiger partial charge in [-0.15, -0.1) is 5.54 Å². The highest BCUT2D eigenvalue weighted by atomic mass is 28.3. The average molecular weight is 573 g/mol. The van der Waals surface area contributed by atoms with Crippen molar-refractivity contribution < 1.29 is 14.3 Å². The molecule has 2 amide bonds. The first kappa shape index (κ1) is 28.9. The summed E-state index contributed by atoms with van der Waals surface area (Å²) in [4.78, 5) is 27.0. The van der Waals surface area contributed by atoms with Crippen LogP contribution in [-0.4, -0.2) is 59.3 Å². The van der Waals surface area contributed by atoms with Crippen LogP contribution >= 0.6 is 0 Å². The van der Waals surface area contributed by atoms with Gasteiger partial charge in [0, 0.05) is 36.8 Å². The van der Waals surface area contributed by atoms with E-state index in [1.54, 1.807) is 10.9 Å². The van der Waals surface area contributed by atoms with Crippen LogP contribution in [0.2, 0.25) is 19.6 Å². The van der Waals surface area contributed by atoms with Crippen LogP contribution in [0.3, 0.4) is 0 Å². The molecule has 3 N–H and O–H groups in total. The number of amides is 2. The number of nitrogens with two attached hydrogens (primary N) is 1. The van der Waals surface area contributed by atoms with Crippen molar-refractivity contribution in [2.45, 2.75) is 88.7 Å².